The highest BCUT2D eigenvalue weighted by Crippen LogP contribution is 2.25. The number of hydrogen-bond donors (Lipinski definition) is 0. The molecular formula is C11H9ClF2INO. The Morgan fingerprint density at radius 1 is 1.53 bits per heavy atom. The summed E-state index contributed by atoms with van der Waals surface area (Å²) in [5.41, 5.74) is 0.228. The molecule has 0 spiro atoms. The van der Waals surface area contributed by atoms with Gasteiger partial charge in [0, 0.05) is 10.1 Å². The summed E-state index contributed by atoms with van der Waals surface area (Å²) in [6.45, 7) is 0.466. The maximum absolute atomic E-state index is 13.2. The smallest absolute Gasteiger partial charge is 0.255 e. The summed E-state index contributed by atoms with van der Waals surface area (Å²) >= 11 is 7.62. The van der Waals surface area contributed by atoms with Gasteiger partial charge in [0.05, 0.1) is 17.1 Å². The second-order valence-electron chi connectivity index (χ2n) is 3.88. The second-order valence-corrected chi connectivity index (χ2v) is 5.45. The number of nitrogens with zero attached hydrogens (tertiary/aromatic N) is 1. The zero-order valence-electron chi connectivity index (χ0n) is 8.72. The monoisotopic (exact) mass is 371 g/mol. The Kier molecular flexibility index (Phi) is 3.87. The normalized spacial score (nSPS) is 19.8. The first-order chi connectivity index (χ1) is 7.99. The first kappa shape index (κ1) is 13.0. The topological polar surface area (TPSA) is 20.3 Å². The quantitative estimate of drug-likeness (QED) is 0.548. The zero-order valence-corrected chi connectivity index (χ0v) is 11.6. The maximum Gasteiger partial charge on any atom is 0.255 e. The molecule has 2 rings (SSSR count). The highest BCUT2D eigenvalue weighted by Gasteiger charge is 2.28. The molecule has 2 nitrogen and oxygen atoms in total. The number of carbonyl (C=O) groups excluding carboxylic acids is 1. The van der Waals surface area contributed by atoms with Gasteiger partial charge < -0.3 is 4.90 Å². The van der Waals surface area contributed by atoms with Crippen LogP contribution in [0.1, 0.15) is 16.8 Å². The molecule has 1 atom stereocenters. The molecule has 0 aromatic heterocycles. The summed E-state index contributed by atoms with van der Waals surface area (Å²) in [5.74, 6) is -0.801. The van der Waals surface area contributed by atoms with Crippen molar-refractivity contribution in [2.75, 3.05) is 13.1 Å². The summed E-state index contributed by atoms with van der Waals surface area (Å²) in [6, 6.07) is 2.51. The van der Waals surface area contributed by atoms with E-state index in [-0.39, 0.29) is 23.0 Å². The molecule has 17 heavy (non-hydrogen) atoms. The predicted octanol–water partition coefficient (Wildman–Crippen LogP) is 3.27. The van der Waals surface area contributed by atoms with Gasteiger partial charge in [-0.15, -0.1) is 0 Å². The van der Waals surface area contributed by atoms with Crippen molar-refractivity contribution < 1.29 is 13.6 Å². The van der Waals surface area contributed by atoms with Gasteiger partial charge in [0.1, 0.15) is 12.0 Å². The molecule has 0 aliphatic carbocycles. The summed E-state index contributed by atoms with van der Waals surface area (Å²) < 4.78 is 26.5. The molecule has 1 aromatic rings. The summed E-state index contributed by atoms with van der Waals surface area (Å²) in [4.78, 5) is 13.4. The maximum atomic E-state index is 13.2. The van der Waals surface area contributed by atoms with E-state index in [1.807, 2.05) is 0 Å². The standard InChI is InChI=1S/C11H9ClF2INO/c12-8-4-9(14)10(15)3-7(8)11(17)16-2-1-6(13)5-16/h3-4,6H,1-2,5H2. The Hall–Kier alpha value is -0.430. The Morgan fingerprint density at radius 3 is 2.82 bits per heavy atom. The van der Waals surface area contributed by atoms with Crippen molar-refractivity contribution in [2.24, 2.45) is 0 Å². The Labute approximate surface area is 116 Å². The molecule has 1 unspecified atom stereocenters. The molecule has 0 N–H and O–H groups in total. The lowest BCUT2D eigenvalue weighted by molar-refractivity contribution is 0.0783. The van der Waals surface area contributed by atoms with E-state index in [2.05, 4.69) is 0 Å². The highest BCUT2D eigenvalue weighted by molar-refractivity contribution is 14.1. The van der Waals surface area contributed by atoms with Gasteiger partial charge in [0.15, 0.2) is 0 Å². The molecule has 1 aliphatic rings. The lowest BCUT2D eigenvalue weighted by atomic mass is 10.2. The summed E-state index contributed by atoms with van der Waals surface area (Å²) in [5, 5.41) is 0.0650. The SMILES string of the molecule is O=C(c1cc(I)c(F)cc1Cl)N1CCC(F)C1. The van der Waals surface area contributed by atoms with Crippen molar-refractivity contribution in [2.45, 2.75) is 12.6 Å². The van der Waals surface area contributed by atoms with Crippen LogP contribution in [0.4, 0.5) is 8.78 Å². The van der Waals surface area contributed by atoms with Gasteiger partial charge in [-0.1, -0.05) is 11.6 Å². The first-order valence-electron chi connectivity index (χ1n) is 5.07. The number of hydrogen-bond acceptors (Lipinski definition) is 1. The summed E-state index contributed by atoms with van der Waals surface area (Å²) in [6.07, 6.45) is -0.626. The molecule has 6 heteroatoms. The van der Waals surface area contributed by atoms with Crippen LogP contribution in [0.5, 0.6) is 0 Å². The van der Waals surface area contributed by atoms with Crippen molar-refractivity contribution in [1.29, 1.82) is 0 Å². The van der Waals surface area contributed by atoms with Crippen LogP contribution in [-0.2, 0) is 0 Å². The number of benzene rings is 1. The molecule has 1 fully saturated rings. The number of likely N-dealkylation sites (tertiary alicyclic amines) is 1. The number of rotatable bonds is 1. The van der Waals surface area contributed by atoms with Crippen LogP contribution in [0.25, 0.3) is 0 Å². The fraction of sp³-hybridized carbons (Fsp3) is 0.364. The second kappa shape index (κ2) is 5.06. The zero-order chi connectivity index (χ0) is 12.6. The molecule has 1 saturated heterocycles. The van der Waals surface area contributed by atoms with Crippen LogP contribution >= 0.6 is 34.2 Å². The van der Waals surface area contributed by atoms with E-state index in [9.17, 15) is 13.6 Å². The molecule has 0 radical (unpaired) electrons. The van der Waals surface area contributed by atoms with E-state index < -0.39 is 12.0 Å². The number of halogens is 4. The largest absolute Gasteiger partial charge is 0.336 e. The average molecular weight is 372 g/mol. The molecule has 1 heterocycles. The lowest BCUT2D eigenvalue weighted by Crippen LogP contribution is -2.29. The summed E-state index contributed by atoms with van der Waals surface area (Å²) in [7, 11) is 0. The minimum absolute atomic E-state index is 0.0650. The van der Waals surface area contributed by atoms with Crippen LogP contribution in [0.3, 0.4) is 0 Å². The van der Waals surface area contributed by atoms with Crippen LogP contribution in [0.15, 0.2) is 12.1 Å². The van der Waals surface area contributed by atoms with E-state index in [0.717, 1.165) is 6.07 Å². The van der Waals surface area contributed by atoms with Crippen LogP contribution in [0, 0.1) is 9.39 Å². The predicted molar refractivity (Wildman–Crippen MR) is 69.5 cm³/mol. The van der Waals surface area contributed by atoms with Crippen molar-refractivity contribution in [3.8, 4) is 0 Å². The van der Waals surface area contributed by atoms with E-state index in [1.165, 1.54) is 11.0 Å². The molecule has 1 amide bonds. The molecule has 1 aromatic carbocycles. The molecule has 0 saturated carbocycles. The van der Waals surface area contributed by atoms with E-state index in [0.29, 0.717) is 16.5 Å². The van der Waals surface area contributed by atoms with Gasteiger partial charge >= 0.3 is 0 Å². The van der Waals surface area contributed by atoms with Crippen LogP contribution < -0.4 is 0 Å². The van der Waals surface area contributed by atoms with Gasteiger partial charge in [0.2, 0.25) is 0 Å². The third-order valence-electron chi connectivity index (χ3n) is 2.66. The highest BCUT2D eigenvalue weighted by atomic mass is 127. The van der Waals surface area contributed by atoms with Crippen molar-refractivity contribution >= 4 is 40.1 Å². The Balaban J connectivity index is 2.28. The number of amides is 1. The van der Waals surface area contributed by atoms with E-state index >= 15 is 0 Å². The van der Waals surface area contributed by atoms with Gasteiger partial charge in [-0.2, -0.15) is 0 Å². The van der Waals surface area contributed by atoms with Gasteiger partial charge in [-0.3, -0.25) is 4.79 Å². The van der Waals surface area contributed by atoms with Crippen LogP contribution in [0.2, 0.25) is 5.02 Å². The van der Waals surface area contributed by atoms with E-state index in [4.69, 9.17) is 11.6 Å². The average Bonchev–Trinajstić information content (AvgIpc) is 2.69. The fourth-order valence-electron chi connectivity index (χ4n) is 1.76. The molecule has 0 bridgehead atoms. The fourth-order valence-corrected chi connectivity index (χ4v) is 2.46. The van der Waals surface area contributed by atoms with Gasteiger partial charge in [-0.25, -0.2) is 8.78 Å². The van der Waals surface area contributed by atoms with Crippen molar-refractivity contribution in [3.63, 3.8) is 0 Å². The first-order valence-corrected chi connectivity index (χ1v) is 6.52. The van der Waals surface area contributed by atoms with Crippen molar-refractivity contribution in [1.82, 2.24) is 4.90 Å². The van der Waals surface area contributed by atoms with Crippen molar-refractivity contribution in [3.05, 3.63) is 32.1 Å². The third-order valence-corrected chi connectivity index (χ3v) is 3.80. The van der Waals surface area contributed by atoms with Gasteiger partial charge in [0.25, 0.3) is 5.91 Å². The molecular weight excluding hydrogens is 362 g/mol. The van der Waals surface area contributed by atoms with E-state index in [1.54, 1.807) is 22.6 Å². The number of carbonyl (C=O) groups is 1. The Bertz CT molecular complexity index is 469. The Morgan fingerprint density at radius 2 is 2.24 bits per heavy atom. The minimum Gasteiger partial charge on any atom is -0.336 e. The third kappa shape index (κ3) is 2.70. The van der Waals surface area contributed by atoms with Crippen LogP contribution in [-0.4, -0.2) is 30.1 Å². The molecule has 1 aliphatic heterocycles. The number of alkyl halides is 1. The van der Waals surface area contributed by atoms with Gasteiger partial charge in [-0.05, 0) is 41.1 Å². The minimum atomic E-state index is -0.975. The molecule has 92 valence electrons. The lowest BCUT2D eigenvalue weighted by Gasteiger charge is -2.16.